The summed E-state index contributed by atoms with van der Waals surface area (Å²) in [5.41, 5.74) is -1.81. The zero-order valence-electron chi connectivity index (χ0n) is 11.2. The maximum absolute atomic E-state index is 13.8. The van der Waals surface area contributed by atoms with Gasteiger partial charge in [0.2, 0.25) is 0 Å². The van der Waals surface area contributed by atoms with Crippen LogP contribution in [0.25, 0.3) is 0 Å². The number of pyridine rings is 1. The fourth-order valence-electron chi connectivity index (χ4n) is 1.72. The Hall–Kier alpha value is -1.08. The highest BCUT2D eigenvalue weighted by Crippen LogP contribution is 2.36. The van der Waals surface area contributed by atoms with E-state index in [0.717, 1.165) is 6.20 Å². The van der Waals surface area contributed by atoms with Gasteiger partial charge >= 0.3 is 7.12 Å². The van der Waals surface area contributed by atoms with Crippen LogP contribution in [-0.4, -0.2) is 23.3 Å². The van der Waals surface area contributed by atoms with Crippen molar-refractivity contribution < 1.29 is 22.5 Å². The lowest BCUT2D eigenvalue weighted by atomic mass is 9.80. The van der Waals surface area contributed by atoms with E-state index in [1.165, 1.54) is 0 Å². The van der Waals surface area contributed by atoms with Gasteiger partial charge in [-0.2, -0.15) is 0 Å². The van der Waals surface area contributed by atoms with Crippen molar-refractivity contribution in [1.82, 2.24) is 4.98 Å². The lowest BCUT2D eigenvalue weighted by Gasteiger charge is -2.32. The molecule has 0 aromatic carbocycles. The highest BCUT2D eigenvalue weighted by molar-refractivity contribution is 6.62. The fraction of sp³-hybridized carbons (Fsp3) is 0.583. The van der Waals surface area contributed by atoms with Crippen LogP contribution in [0.1, 0.15) is 39.8 Å². The molecule has 0 unspecified atom stereocenters. The number of rotatable bonds is 2. The largest absolute Gasteiger partial charge is 0.499 e. The van der Waals surface area contributed by atoms with Gasteiger partial charge in [0.15, 0.2) is 0 Å². The third-order valence-corrected chi connectivity index (χ3v) is 3.63. The number of halogens is 3. The van der Waals surface area contributed by atoms with Crippen molar-refractivity contribution in [3.63, 3.8) is 0 Å². The molecular weight excluding hydrogens is 258 g/mol. The zero-order valence-corrected chi connectivity index (χ0v) is 11.2. The van der Waals surface area contributed by atoms with E-state index in [1.807, 2.05) is 27.7 Å². The maximum atomic E-state index is 13.8. The van der Waals surface area contributed by atoms with Crippen LogP contribution in [0.3, 0.4) is 0 Å². The minimum atomic E-state index is -2.80. The van der Waals surface area contributed by atoms with E-state index in [1.54, 1.807) is 0 Å². The number of nitrogens with zero attached hydrogens (tertiary/aromatic N) is 1. The molecule has 104 valence electrons. The lowest BCUT2D eigenvalue weighted by Crippen LogP contribution is -2.41. The van der Waals surface area contributed by atoms with Crippen LogP contribution in [0.15, 0.2) is 12.3 Å². The molecule has 0 radical (unpaired) electrons. The molecule has 0 amide bonds. The van der Waals surface area contributed by atoms with E-state index in [9.17, 15) is 13.2 Å². The summed E-state index contributed by atoms with van der Waals surface area (Å²) < 4.78 is 49.9. The molecule has 2 heterocycles. The van der Waals surface area contributed by atoms with Crippen molar-refractivity contribution in [2.45, 2.75) is 45.3 Å². The van der Waals surface area contributed by atoms with E-state index in [4.69, 9.17) is 9.31 Å². The minimum absolute atomic E-state index is 0.0306. The third-order valence-electron chi connectivity index (χ3n) is 3.63. The van der Waals surface area contributed by atoms with Gasteiger partial charge in [0.05, 0.1) is 11.2 Å². The summed E-state index contributed by atoms with van der Waals surface area (Å²) in [6.45, 7) is 7.30. The van der Waals surface area contributed by atoms with Crippen LogP contribution in [-0.2, 0) is 9.31 Å². The van der Waals surface area contributed by atoms with E-state index < -0.39 is 36.3 Å². The highest BCUT2D eigenvalue weighted by Gasteiger charge is 2.52. The second-order valence-corrected chi connectivity index (χ2v) is 5.52. The van der Waals surface area contributed by atoms with Gasteiger partial charge in [-0.05, 0) is 27.7 Å². The van der Waals surface area contributed by atoms with Crippen molar-refractivity contribution in [2.24, 2.45) is 0 Å². The number of alkyl halides is 2. The van der Waals surface area contributed by atoms with Crippen molar-refractivity contribution in [3.05, 3.63) is 23.8 Å². The average Bonchev–Trinajstić information content (AvgIpc) is 2.47. The molecule has 2 rings (SSSR count). The maximum Gasteiger partial charge on any atom is 0.499 e. The van der Waals surface area contributed by atoms with E-state index in [2.05, 4.69) is 4.98 Å². The van der Waals surface area contributed by atoms with Crippen molar-refractivity contribution in [1.29, 1.82) is 0 Å². The zero-order chi connectivity index (χ0) is 14.4. The van der Waals surface area contributed by atoms with Gasteiger partial charge in [-0.25, -0.2) is 13.2 Å². The third kappa shape index (κ3) is 2.49. The fourth-order valence-corrected chi connectivity index (χ4v) is 1.72. The van der Waals surface area contributed by atoms with Crippen molar-refractivity contribution >= 4 is 12.6 Å². The van der Waals surface area contributed by atoms with Gasteiger partial charge in [0.1, 0.15) is 11.5 Å². The van der Waals surface area contributed by atoms with Gasteiger partial charge in [0, 0.05) is 17.7 Å². The SMILES string of the molecule is CC1(C)OB(c2cnc(C(F)F)cc2F)OC1(C)C. The van der Waals surface area contributed by atoms with E-state index in [0.29, 0.717) is 6.07 Å². The Morgan fingerprint density at radius 3 is 2.11 bits per heavy atom. The van der Waals surface area contributed by atoms with Crippen LogP contribution >= 0.6 is 0 Å². The summed E-state index contributed by atoms with van der Waals surface area (Å²) in [6, 6.07) is 0.713. The summed E-state index contributed by atoms with van der Waals surface area (Å²) in [4.78, 5) is 3.53. The molecule has 19 heavy (non-hydrogen) atoms. The molecule has 0 bridgehead atoms. The molecular formula is C12H15BF3NO2. The Morgan fingerprint density at radius 1 is 1.16 bits per heavy atom. The topological polar surface area (TPSA) is 31.4 Å². The number of hydrogen-bond acceptors (Lipinski definition) is 3. The molecule has 1 fully saturated rings. The van der Waals surface area contributed by atoms with E-state index >= 15 is 0 Å². The second kappa shape index (κ2) is 4.49. The van der Waals surface area contributed by atoms with Crippen molar-refractivity contribution in [3.8, 4) is 0 Å². The van der Waals surface area contributed by atoms with Crippen molar-refractivity contribution in [2.75, 3.05) is 0 Å². The molecule has 0 saturated carbocycles. The first-order chi connectivity index (χ1) is 8.64. The quantitative estimate of drug-likeness (QED) is 0.775. The molecule has 1 aliphatic rings. The molecule has 1 saturated heterocycles. The standard InChI is InChI=1S/C12H15BF3NO2/c1-11(2)12(3,4)19-13(18-11)7-6-17-9(10(15)16)5-8(7)14/h5-6,10H,1-4H3. The summed E-state index contributed by atoms with van der Waals surface area (Å²) in [5.74, 6) is -0.802. The first kappa shape index (κ1) is 14.3. The van der Waals surface area contributed by atoms with Gasteiger partial charge in [-0.3, -0.25) is 4.98 Å². The van der Waals surface area contributed by atoms with Crippen LogP contribution < -0.4 is 5.46 Å². The summed E-state index contributed by atoms with van der Waals surface area (Å²) in [6.07, 6.45) is -1.76. The Labute approximate surface area is 110 Å². The van der Waals surface area contributed by atoms with Gasteiger partial charge in [-0.15, -0.1) is 0 Å². The Bertz CT molecular complexity index is 478. The summed E-state index contributed by atoms with van der Waals surface area (Å²) >= 11 is 0. The normalized spacial score (nSPS) is 21.2. The molecule has 1 aromatic rings. The smallest absolute Gasteiger partial charge is 0.399 e. The van der Waals surface area contributed by atoms with Crippen LogP contribution in [0, 0.1) is 5.82 Å². The number of aromatic nitrogens is 1. The first-order valence-electron chi connectivity index (χ1n) is 5.93. The van der Waals surface area contributed by atoms with Gasteiger partial charge < -0.3 is 9.31 Å². The van der Waals surface area contributed by atoms with E-state index in [-0.39, 0.29) is 5.46 Å². The Morgan fingerprint density at radius 2 is 1.68 bits per heavy atom. The highest BCUT2D eigenvalue weighted by atomic mass is 19.3. The predicted molar refractivity (Wildman–Crippen MR) is 64.9 cm³/mol. The molecule has 0 spiro atoms. The van der Waals surface area contributed by atoms with Crippen LogP contribution in [0.2, 0.25) is 0 Å². The number of hydrogen-bond donors (Lipinski definition) is 0. The van der Waals surface area contributed by atoms with Crippen LogP contribution in [0.5, 0.6) is 0 Å². The van der Waals surface area contributed by atoms with Gasteiger partial charge in [-0.1, -0.05) is 0 Å². The Kier molecular flexibility index (Phi) is 3.39. The lowest BCUT2D eigenvalue weighted by molar-refractivity contribution is 0.00578. The molecule has 0 aliphatic carbocycles. The molecule has 3 nitrogen and oxygen atoms in total. The van der Waals surface area contributed by atoms with Gasteiger partial charge in [0.25, 0.3) is 6.43 Å². The monoisotopic (exact) mass is 273 g/mol. The van der Waals surface area contributed by atoms with Crippen LogP contribution in [0.4, 0.5) is 13.2 Å². The second-order valence-electron chi connectivity index (χ2n) is 5.52. The first-order valence-corrected chi connectivity index (χ1v) is 5.93. The molecule has 0 atom stereocenters. The summed E-state index contributed by atoms with van der Waals surface area (Å²) in [7, 11) is -0.941. The molecule has 0 N–H and O–H groups in total. The molecule has 1 aliphatic heterocycles. The molecule has 1 aromatic heterocycles. The summed E-state index contributed by atoms with van der Waals surface area (Å²) in [5, 5.41) is 0. The molecule has 7 heteroatoms. The minimum Gasteiger partial charge on any atom is -0.399 e. The Balaban J connectivity index is 2.30. The predicted octanol–water partition coefficient (Wildman–Crippen LogP) is 2.46. The average molecular weight is 273 g/mol.